The molecular formula is C13H11N3OS. The van der Waals surface area contributed by atoms with Gasteiger partial charge in [-0.15, -0.1) is 11.3 Å². The van der Waals surface area contributed by atoms with Gasteiger partial charge in [-0.2, -0.15) is 0 Å². The molecule has 0 saturated carbocycles. The average molecular weight is 257 g/mol. The zero-order valence-corrected chi connectivity index (χ0v) is 10.4. The van der Waals surface area contributed by atoms with Gasteiger partial charge < -0.3 is 10.5 Å². The average Bonchev–Trinajstić information content (AvgIpc) is 2.88. The summed E-state index contributed by atoms with van der Waals surface area (Å²) in [4.78, 5) is 8.35. The maximum Gasteiger partial charge on any atom is 0.240 e. The lowest BCUT2D eigenvalue weighted by Crippen LogP contribution is -1.96. The van der Waals surface area contributed by atoms with Crippen LogP contribution in [0.2, 0.25) is 0 Å². The molecule has 0 saturated heterocycles. The molecule has 3 rings (SSSR count). The number of nitrogens with zero attached hydrogens (tertiary/aromatic N) is 2. The zero-order valence-electron chi connectivity index (χ0n) is 9.54. The number of aromatic nitrogens is 2. The maximum atomic E-state index is 5.80. The Morgan fingerprint density at radius 1 is 1.22 bits per heavy atom. The molecule has 3 aromatic rings. The summed E-state index contributed by atoms with van der Waals surface area (Å²) in [7, 11) is 0. The van der Waals surface area contributed by atoms with E-state index in [2.05, 4.69) is 9.97 Å². The molecule has 4 nitrogen and oxygen atoms in total. The van der Waals surface area contributed by atoms with Crippen molar-refractivity contribution in [3.63, 3.8) is 0 Å². The molecule has 0 aliphatic carbocycles. The lowest BCUT2D eigenvalue weighted by Gasteiger charge is -2.06. The van der Waals surface area contributed by atoms with Crippen molar-refractivity contribution in [2.24, 2.45) is 5.73 Å². The fraction of sp³-hybridized carbons (Fsp3) is 0.0769. The first-order valence-electron chi connectivity index (χ1n) is 5.52. The molecule has 0 spiro atoms. The first kappa shape index (κ1) is 11.1. The Balaban J connectivity index is 1.98. The van der Waals surface area contributed by atoms with Gasteiger partial charge in [-0.3, -0.25) is 0 Å². The van der Waals surface area contributed by atoms with Gasteiger partial charge in [0.15, 0.2) is 0 Å². The van der Waals surface area contributed by atoms with Crippen LogP contribution in [-0.4, -0.2) is 9.97 Å². The van der Waals surface area contributed by atoms with E-state index in [9.17, 15) is 0 Å². The number of fused-ring (bicyclic) bond motifs is 1. The number of thiophene rings is 1. The van der Waals surface area contributed by atoms with Gasteiger partial charge in [0.1, 0.15) is 16.8 Å². The highest BCUT2D eigenvalue weighted by Gasteiger charge is 2.07. The lowest BCUT2D eigenvalue weighted by atomic mass is 10.2. The molecular weight excluding hydrogens is 246 g/mol. The molecule has 0 aliphatic heterocycles. The predicted octanol–water partition coefficient (Wildman–Crippen LogP) is 2.94. The third-order valence-corrected chi connectivity index (χ3v) is 3.45. The SMILES string of the molecule is NCc1cccc(Oc2ncnc3ccsc23)c1. The second-order valence-corrected chi connectivity index (χ2v) is 4.68. The van der Waals surface area contributed by atoms with E-state index < -0.39 is 0 Å². The third-order valence-electron chi connectivity index (χ3n) is 2.56. The number of benzene rings is 1. The van der Waals surface area contributed by atoms with Crippen LogP contribution in [0, 0.1) is 0 Å². The Morgan fingerprint density at radius 2 is 2.17 bits per heavy atom. The molecule has 2 heterocycles. The molecule has 0 unspecified atom stereocenters. The van der Waals surface area contributed by atoms with Gasteiger partial charge in [0.25, 0.3) is 0 Å². The topological polar surface area (TPSA) is 61.0 Å². The number of rotatable bonds is 3. The Hall–Kier alpha value is -1.98. The maximum absolute atomic E-state index is 5.80. The van der Waals surface area contributed by atoms with E-state index in [1.807, 2.05) is 35.7 Å². The number of hydrogen-bond donors (Lipinski definition) is 1. The van der Waals surface area contributed by atoms with Crippen LogP contribution in [0.25, 0.3) is 10.2 Å². The van der Waals surface area contributed by atoms with Crippen LogP contribution in [-0.2, 0) is 6.54 Å². The molecule has 18 heavy (non-hydrogen) atoms. The van der Waals surface area contributed by atoms with Crippen LogP contribution < -0.4 is 10.5 Å². The quantitative estimate of drug-likeness (QED) is 0.783. The minimum Gasteiger partial charge on any atom is -0.437 e. The fourth-order valence-electron chi connectivity index (χ4n) is 1.69. The number of ether oxygens (including phenoxy) is 1. The number of hydrogen-bond acceptors (Lipinski definition) is 5. The minimum atomic E-state index is 0.495. The molecule has 90 valence electrons. The minimum absolute atomic E-state index is 0.495. The Labute approximate surface area is 108 Å². The summed E-state index contributed by atoms with van der Waals surface area (Å²) in [5.41, 5.74) is 7.54. The highest BCUT2D eigenvalue weighted by molar-refractivity contribution is 7.17. The highest BCUT2D eigenvalue weighted by Crippen LogP contribution is 2.30. The van der Waals surface area contributed by atoms with Gasteiger partial charge in [0.2, 0.25) is 5.88 Å². The van der Waals surface area contributed by atoms with E-state index in [0.717, 1.165) is 21.5 Å². The van der Waals surface area contributed by atoms with E-state index in [1.54, 1.807) is 11.3 Å². The van der Waals surface area contributed by atoms with Gasteiger partial charge in [-0.25, -0.2) is 9.97 Å². The summed E-state index contributed by atoms with van der Waals surface area (Å²) in [6, 6.07) is 9.64. The van der Waals surface area contributed by atoms with Crippen molar-refractivity contribution in [3.05, 3.63) is 47.6 Å². The molecule has 0 atom stereocenters. The largest absolute Gasteiger partial charge is 0.437 e. The predicted molar refractivity (Wildman–Crippen MR) is 71.8 cm³/mol. The van der Waals surface area contributed by atoms with Crippen LogP contribution in [0.3, 0.4) is 0 Å². The van der Waals surface area contributed by atoms with Gasteiger partial charge >= 0.3 is 0 Å². The van der Waals surface area contributed by atoms with Crippen molar-refractivity contribution < 1.29 is 4.74 Å². The standard InChI is InChI=1S/C13H11N3OS/c14-7-9-2-1-3-10(6-9)17-13-12-11(4-5-18-12)15-8-16-13/h1-6,8H,7,14H2. The molecule has 2 aromatic heterocycles. The molecule has 1 aromatic carbocycles. The normalized spacial score (nSPS) is 10.7. The molecule has 0 fully saturated rings. The highest BCUT2D eigenvalue weighted by atomic mass is 32.1. The van der Waals surface area contributed by atoms with Gasteiger partial charge in [-0.1, -0.05) is 12.1 Å². The van der Waals surface area contributed by atoms with Crippen molar-refractivity contribution in [2.45, 2.75) is 6.54 Å². The van der Waals surface area contributed by atoms with E-state index in [4.69, 9.17) is 10.5 Å². The summed E-state index contributed by atoms with van der Waals surface area (Å²) in [6.07, 6.45) is 1.51. The van der Waals surface area contributed by atoms with Crippen LogP contribution in [0.4, 0.5) is 0 Å². The molecule has 0 bridgehead atoms. The van der Waals surface area contributed by atoms with E-state index >= 15 is 0 Å². The van der Waals surface area contributed by atoms with Crippen LogP contribution in [0.1, 0.15) is 5.56 Å². The van der Waals surface area contributed by atoms with Gasteiger partial charge in [-0.05, 0) is 29.1 Å². The third kappa shape index (κ3) is 2.05. The Kier molecular flexibility index (Phi) is 2.92. The van der Waals surface area contributed by atoms with Crippen molar-refractivity contribution in [2.75, 3.05) is 0 Å². The van der Waals surface area contributed by atoms with Crippen LogP contribution in [0.15, 0.2) is 42.0 Å². The Morgan fingerprint density at radius 3 is 3.06 bits per heavy atom. The summed E-state index contributed by atoms with van der Waals surface area (Å²) in [5.74, 6) is 1.33. The summed E-state index contributed by atoms with van der Waals surface area (Å²) in [5, 5.41) is 1.97. The monoisotopic (exact) mass is 257 g/mol. The van der Waals surface area contributed by atoms with E-state index in [1.165, 1.54) is 6.33 Å². The van der Waals surface area contributed by atoms with E-state index in [0.29, 0.717) is 12.4 Å². The summed E-state index contributed by atoms with van der Waals surface area (Å²) in [6.45, 7) is 0.495. The molecule has 0 amide bonds. The van der Waals surface area contributed by atoms with Crippen molar-refractivity contribution in [3.8, 4) is 11.6 Å². The summed E-state index contributed by atoms with van der Waals surface area (Å²) >= 11 is 1.57. The summed E-state index contributed by atoms with van der Waals surface area (Å²) < 4.78 is 6.75. The smallest absolute Gasteiger partial charge is 0.240 e. The lowest BCUT2D eigenvalue weighted by molar-refractivity contribution is 0.468. The molecule has 5 heteroatoms. The Bertz CT molecular complexity index is 681. The fourth-order valence-corrected chi connectivity index (χ4v) is 2.46. The molecule has 0 aliphatic rings. The van der Waals surface area contributed by atoms with Crippen molar-refractivity contribution in [1.29, 1.82) is 0 Å². The first-order chi connectivity index (χ1) is 8.86. The molecule has 2 N–H and O–H groups in total. The van der Waals surface area contributed by atoms with E-state index in [-0.39, 0.29) is 0 Å². The van der Waals surface area contributed by atoms with Crippen molar-refractivity contribution in [1.82, 2.24) is 9.97 Å². The van der Waals surface area contributed by atoms with Gasteiger partial charge in [0, 0.05) is 6.54 Å². The number of nitrogens with two attached hydrogens (primary N) is 1. The zero-order chi connectivity index (χ0) is 12.4. The van der Waals surface area contributed by atoms with Crippen LogP contribution >= 0.6 is 11.3 Å². The first-order valence-corrected chi connectivity index (χ1v) is 6.40. The second kappa shape index (κ2) is 4.72. The van der Waals surface area contributed by atoms with Gasteiger partial charge in [0.05, 0.1) is 5.52 Å². The molecule has 0 radical (unpaired) electrons. The van der Waals surface area contributed by atoms with Crippen LogP contribution in [0.5, 0.6) is 11.6 Å². The second-order valence-electron chi connectivity index (χ2n) is 3.77. The van der Waals surface area contributed by atoms with Crippen molar-refractivity contribution >= 4 is 21.6 Å².